The van der Waals surface area contributed by atoms with Gasteiger partial charge in [0.1, 0.15) is 12.7 Å². The third-order valence-electron chi connectivity index (χ3n) is 12.1. The van der Waals surface area contributed by atoms with Gasteiger partial charge in [-0.2, -0.15) is 0 Å². The topological polar surface area (TPSA) is 155 Å². The molecule has 0 aliphatic carbocycles. The Labute approximate surface area is 439 Å². The fourth-order valence-corrected chi connectivity index (χ4v) is 8.47. The predicted octanol–water partition coefficient (Wildman–Crippen LogP) is 16.9. The number of hydrogen-bond acceptors (Lipinski definition) is 10. The van der Waals surface area contributed by atoms with E-state index in [0.717, 1.165) is 109 Å². The highest BCUT2D eigenvalue weighted by molar-refractivity contribution is 7.47. The molecule has 0 saturated carbocycles. The number of esters is 3. The van der Waals surface area contributed by atoms with Gasteiger partial charge in [0.05, 0.1) is 19.8 Å². The Kier molecular flexibility index (Phi) is 51.9. The summed E-state index contributed by atoms with van der Waals surface area (Å²) in [5, 5.41) is 9.80. The van der Waals surface area contributed by atoms with Crippen molar-refractivity contribution in [1.82, 2.24) is 0 Å². The number of hydrogen-bond donors (Lipinski definition) is 2. The largest absolute Gasteiger partial charge is 0.472 e. The number of phosphoric acid groups is 1. The molecule has 3 atom stereocenters. The summed E-state index contributed by atoms with van der Waals surface area (Å²) in [5.41, 5.74) is 0. The molecule has 0 aliphatic rings. The van der Waals surface area contributed by atoms with Crippen molar-refractivity contribution in [1.29, 1.82) is 0 Å². The van der Waals surface area contributed by atoms with Gasteiger partial charge in [0.2, 0.25) is 0 Å². The minimum Gasteiger partial charge on any atom is -0.462 e. The van der Waals surface area contributed by atoms with Crippen LogP contribution >= 0.6 is 7.82 Å². The highest BCUT2D eigenvalue weighted by Crippen LogP contribution is 2.43. The zero-order valence-corrected chi connectivity index (χ0v) is 46.8. The molecule has 0 heterocycles. The Morgan fingerprint density at radius 2 is 0.722 bits per heavy atom. The summed E-state index contributed by atoms with van der Waals surface area (Å²) in [4.78, 5) is 48.5. The van der Waals surface area contributed by atoms with E-state index in [1.165, 1.54) is 83.5 Å². The summed E-state index contributed by atoms with van der Waals surface area (Å²) in [6.07, 6.45) is 60.0. The van der Waals surface area contributed by atoms with E-state index in [9.17, 15) is 28.9 Å². The molecule has 2 N–H and O–H groups in total. The lowest BCUT2D eigenvalue weighted by molar-refractivity contribution is -0.161. The first kappa shape index (κ1) is 68.9. The number of carbonyl (C=O) groups is 3. The summed E-state index contributed by atoms with van der Waals surface area (Å²) in [5.74, 6) is -1.51. The summed E-state index contributed by atoms with van der Waals surface area (Å²) >= 11 is 0. The van der Waals surface area contributed by atoms with Crippen LogP contribution in [0.2, 0.25) is 0 Å². The van der Waals surface area contributed by atoms with Crippen molar-refractivity contribution in [3.05, 3.63) is 72.9 Å². The van der Waals surface area contributed by atoms with Crippen LogP contribution in [0.4, 0.5) is 0 Å². The molecule has 0 bridgehead atoms. The van der Waals surface area contributed by atoms with Gasteiger partial charge in [0.25, 0.3) is 0 Å². The van der Waals surface area contributed by atoms with Gasteiger partial charge in [-0.15, -0.1) is 0 Å². The summed E-state index contributed by atoms with van der Waals surface area (Å²) in [6.45, 7) is 4.45. The molecule has 72 heavy (non-hydrogen) atoms. The summed E-state index contributed by atoms with van der Waals surface area (Å²) in [7, 11) is -4.76. The van der Waals surface area contributed by atoms with Crippen molar-refractivity contribution >= 4 is 25.7 Å². The third-order valence-corrected chi connectivity index (χ3v) is 13.0. The molecule has 0 aromatic carbocycles. The van der Waals surface area contributed by atoms with E-state index in [1.54, 1.807) is 0 Å². The fraction of sp³-hybridized carbons (Fsp3) is 0.750. The van der Waals surface area contributed by atoms with Gasteiger partial charge in [0, 0.05) is 19.3 Å². The normalized spacial score (nSPS) is 13.9. The monoisotopic (exact) mass is 1030 g/mol. The maximum atomic E-state index is 12.9. The van der Waals surface area contributed by atoms with Crippen LogP contribution in [0.1, 0.15) is 252 Å². The van der Waals surface area contributed by atoms with Crippen LogP contribution in [0.5, 0.6) is 0 Å². The Morgan fingerprint density at radius 1 is 0.403 bits per heavy atom. The molecule has 12 heteroatoms. The molecule has 11 nitrogen and oxygen atoms in total. The first-order valence-corrected chi connectivity index (χ1v) is 30.3. The Morgan fingerprint density at radius 3 is 1.17 bits per heavy atom. The zero-order chi connectivity index (χ0) is 52.7. The third kappa shape index (κ3) is 51.8. The van der Waals surface area contributed by atoms with Crippen molar-refractivity contribution in [3.8, 4) is 0 Å². The lowest BCUT2D eigenvalue weighted by Crippen LogP contribution is -2.30. The van der Waals surface area contributed by atoms with Crippen molar-refractivity contribution in [2.45, 2.75) is 264 Å². The molecule has 0 spiro atoms. The second kappa shape index (κ2) is 54.2. The smallest absolute Gasteiger partial charge is 0.462 e. The standard InChI is InChI=1S/C60H105O11P/c1-4-7-10-13-16-19-22-25-27-28-30-32-34-37-40-43-46-49-58(62)67-53-57(71-60(64)51-48-45-42-39-36-33-29-26-23-20-17-14-11-8-5-2)55-69-72(65,66)68-54-56(52-61)70-59(63)50-47-44-41-38-35-31-24-21-18-15-12-9-6-3/h9,12,17-18,20-21,25-27,29,31,35,56-57,61H,4-8,10-11,13-16,19,22-24,28,30,32-34,36-55H2,1-3H3,(H,65,66)/b12-9-,20-17-,21-18-,27-25-,29-26-,35-31-. The van der Waals surface area contributed by atoms with Gasteiger partial charge >= 0.3 is 25.7 Å². The number of carbonyl (C=O) groups excluding carboxylic acids is 3. The van der Waals surface area contributed by atoms with E-state index >= 15 is 0 Å². The van der Waals surface area contributed by atoms with Crippen molar-refractivity contribution in [2.75, 3.05) is 26.4 Å². The summed E-state index contributed by atoms with van der Waals surface area (Å²) < 4.78 is 39.5. The van der Waals surface area contributed by atoms with Crippen molar-refractivity contribution in [3.63, 3.8) is 0 Å². The van der Waals surface area contributed by atoms with E-state index in [4.69, 9.17) is 23.3 Å². The van der Waals surface area contributed by atoms with Crippen LogP contribution < -0.4 is 0 Å². The molecule has 0 aromatic heterocycles. The zero-order valence-electron chi connectivity index (χ0n) is 45.9. The molecule has 0 radical (unpaired) electrons. The Bertz CT molecular complexity index is 1490. The van der Waals surface area contributed by atoms with E-state index in [2.05, 4.69) is 93.7 Å². The van der Waals surface area contributed by atoms with Crippen LogP contribution in [0.15, 0.2) is 72.9 Å². The number of aliphatic hydroxyl groups excluding tert-OH is 1. The molecule has 0 aliphatic heterocycles. The van der Waals surface area contributed by atoms with Crippen LogP contribution in [0, 0.1) is 0 Å². The van der Waals surface area contributed by atoms with E-state index in [1.807, 2.05) is 0 Å². The van der Waals surface area contributed by atoms with Gasteiger partial charge in [-0.25, -0.2) is 4.57 Å². The number of phosphoric ester groups is 1. The second-order valence-corrected chi connectivity index (χ2v) is 20.5. The van der Waals surface area contributed by atoms with Gasteiger partial charge in [-0.1, -0.05) is 196 Å². The van der Waals surface area contributed by atoms with Crippen LogP contribution in [0.25, 0.3) is 0 Å². The summed E-state index contributed by atoms with van der Waals surface area (Å²) in [6, 6.07) is 0. The minimum absolute atomic E-state index is 0.139. The molecule has 416 valence electrons. The SMILES string of the molecule is CC/C=C\C/C=C\C/C=C\CCCCCC(=O)OC(CO)COP(=O)(O)OCC(COC(=O)CCCCCCCCC/C=C\CCCCCCCC)OC(=O)CCCCCCC/C=C\C/C=C\CCCCC. The van der Waals surface area contributed by atoms with Gasteiger partial charge in [-0.05, 0) is 109 Å². The van der Waals surface area contributed by atoms with Gasteiger partial charge in [-0.3, -0.25) is 23.4 Å². The quantitative estimate of drug-likeness (QED) is 0.0197. The maximum Gasteiger partial charge on any atom is 0.472 e. The number of aliphatic hydroxyl groups is 1. The first-order valence-electron chi connectivity index (χ1n) is 28.8. The Balaban J connectivity index is 4.77. The van der Waals surface area contributed by atoms with Gasteiger partial charge < -0.3 is 24.2 Å². The average Bonchev–Trinajstić information content (AvgIpc) is 3.37. The Hall–Kier alpha value is -3.08. The minimum atomic E-state index is -4.76. The van der Waals surface area contributed by atoms with E-state index in [0.29, 0.717) is 19.3 Å². The number of allylic oxidation sites excluding steroid dienone is 12. The average molecular weight is 1030 g/mol. The fourth-order valence-electron chi connectivity index (χ4n) is 7.69. The second-order valence-electron chi connectivity index (χ2n) is 19.1. The number of rotatable bonds is 53. The first-order chi connectivity index (χ1) is 35.2. The molecule has 3 unspecified atom stereocenters. The highest BCUT2D eigenvalue weighted by atomic mass is 31.2. The molecule has 0 rings (SSSR count). The lowest BCUT2D eigenvalue weighted by Gasteiger charge is -2.21. The van der Waals surface area contributed by atoms with Crippen LogP contribution in [-0.2, 0) is 42.2 Å². The van der Waals surface area contributed by atoms with Crippen LogP contribution in [-0.4, -0.2) is 66.5 Å². The molecule has 0 fully saturated rings. The molecule has 0 amide bonds. The molecular weight excluding hydrogens is 928 g/mol. The molecular formula is C60H105O11P. The van der Waals surface area contributed by atoms with Gasteiger partial charge in [0.15, 0.2) is 6.10 Å². The molecule has 0 saturated heterocycles. The van der Waals surface area contributed by atoms with Crippen molar-refractivity contribution < 1.29 is 52.2 Å². The van der Waals surface area contributed by atoms with Crippen molar-refractivity contribution in [2.24, 2.45) is 0 Å². The van der Waals surface area contributed by atoms with E-state index < -0.39 is 57.8 Å². The molecule has 0 aromatic rings. The number of unbranched alkanes of at least 4 members (excludes halogenated alkanes) is 24. The van der Waals surface area contributed by atoms with E-state index in [-0.39, 0.29) is 25.9 Å². The number of ether oxygens (including phenoxy) is 3. The van der Waals surface area contributed by atoms with Crippen LogP contribution in [0.3, 0.4) is 0 Å². The predicted molar refractivity (Wildman–Crippen MR) is 298 cm³/mol. The maximum absolute atomic E-state index is 12.9. The lowest BCUT2D eigenvalue weighted by atomic mass is 10.1. The highest BCUT2D eigenvalue weighted by Gasteiger charge is 2.28.